The van der Waals surface area contributed by atoms with Crippen molar-refractivity contribution >= 4 is 23.2 Å². The molecule has 0 spiro atoms. The first-order chi connectivity index (χ1) is 10.3. The van der Waals surface area contributed by atoms with Crippen molar-refractivity contribution in [1.82, 2.24) is 5.48 Å². The fourth-order valence-electron chi connectivity index (χ4n) is 2.55. The van der Waals surface area contributed by atoms with Gasteiger partial charge in [-0.2, -0.15) is 0 Å². The molecule has 0 aromatic heterocycles. The molecule has 0 radical (unpaired) electrons. The van der Waals surface area contributed by atoms with E-state index < -0.39 is 5.60 Å². The monoisotopic (exact) mass is 297 g/mol. The van der Waals surface area contributed by atoms with Gasteiger partial charge in [0.1, 0.15) is 0 Å². The van der Waals surface area contributed by atoms with E-state index in [1.165, 1.54) is 0 Å². The Morgan fingerprint density at radius 1 is 1.10 bits per heavy atom. The molecule has 2 aromatic carbocycles. The molecule has 3 rings (SSSR count). The predicted octanol–water partition coefficient (Wildman–Crippen LogP) is 2.80. The second-order valence-electron chi connectivity index (χ2n) is 4.87. The Bertz CT molecular complexity index is 667. The van der Waals surface area contributed by atoms with E-state index in [0.717, 1.165) is 22.3 Å². The van der Waals surface area contributed by atoms with Crippen LogP contribution in [-0.4, -0.2) is 17.1 Å². The van der Waals surface area contributed by atoms with Gasteiger partial charge in [0, 0.05) is 17.1 Å². The van der Waals surface area contributed by atoms with Gasteiger partial charge in [-0.05, 0) is 16.7 Å². The van der Waals surface area contributed by atoms with E-state index in [-0.39, 0.29) is 6.61 Å². The normalized spacial score (nSPS) is 20.7. The van der Waals surface area contributed by atoms with E-state index >= 15 is 0 Å². The Kier molecular flexibility index (Phi) is 3.84. The topological polar surface area (TPSA) is 41.5 Å². The molecule has 0 saturated heterocycles. The van der Waals surface area contributed by atoms with Crippen LogP contribution in [0.3, 0.4) is 0 Å². The maximum atomic E-state index is 9.97. The third-order valence-electron chi connectivity index (χ3n) is 3.69. The van der Waals surface area contributed by atoms with Crippen molar-refractivity contribution in [2.45, 2.75) is 5.60 Å². The third kappa shape index (κ3) is 2.38. The highest BCUT2D eigenvalue weighted by atomic mass is 32.1. The average molecular weight is 297 g/mol. The number of benzene rings is 2. The van der Waals surface area contributed by atoms with Crippen LogP contribution in [0, 0.1) is 0 Å². The maximum Gasteiger partial charge on any atom is 0.171 e. The summed E-state index contributed by atoms with van der Waals surface area (Å²) in [6, 6.07) is 17.6. The van der Waals surface area contributed by atoms with Gasteiger partial charge in [-0.25, -0.2) is 0 Å². The molecule has 1 unspecified atom stereocenters. The summed E-state index contributed by atoms with van der Waals surface area (Å²) in [5.74, 6) is 0. The first-order valence-electron chi connectivity index (χ1n) is 6.66. The Hall–Kier alpha value is -2.01. The van der Waals surface area contributed by atoms with Crippen molar-refractivity contribution in [2.75, 3.05) is 6.61 Å². The Morgan fingerprint density at radius 3 is 2.43 bits per heavy atom. The van der Waals surface area contributed by atoms with Crippen LogP contribution in [0.4, 0.5) is 0 Å². The Morgan fingerprint density at radius 2 is 1.81 bits per heavy atom. The number of nitrogens with one attached hydrogen (secondary N) is 1. The van der Waals surface area contributed by atoms with Crippen LogP contribution < -0.4 is 5.48 Å². The molecule has 21 heavy (non-hydrogen) atoms. The fourth-order valence-corrected chi connectivity index (χ4v) is 2.71. The number of aliphatic hydroxyl groups excluding tert-OH is 1. The van der Waals surface area contributed by atoms with Crippen LogP contribution in [0.2, 0.25) is 0 Å². The second kappa shape index (κ2) is 5.77. The summed E-state index contributed by atoms with van der Waals surface area (Å²) in [5.41, 5.74) is 5.67. The predicted molar refractivity (Wildman–Crippen MR) is 86.6 cm³/mol. The molecule has 0 fully saturated rings. The van der Waals surface area contributed by atoms with Crippen molar-refractivity contribution < 1.29 is 9.94 Å². The number of hydrogen-bond donors (Lipinski definition) is 2. The van der Waals surface area contributed by atoms with Gasteiger partial charge in [-0.1, -0.05) is 66.8 Å². The van der Waals surface area contributed by atoms with Gasteiger partial charge >= 0.3 is 0 Å². The molecule has 1 aliphatic rings. The highest BCUT2D eigenvalue weighted by molar-refractivity contribution is 7.79. The van der Waals surface area contributed by atoms with Crippen LogP contribution in [0.15, 0.2) is 60.8 Å². The summed E-state index contributed by atoms with van der Waals surface area (Å²) in [5, 5.41) is 11.6. The van der Waals surface area contributed by atoms with Crippen LogP contribution >= 0.6 is 12.2 Å². The van der Waals surface area contributed by atoms with Crippen molar-refractivity contribution in [3.05, 3.63) is 77.5 Å². The third-order valence-corrected chi connectivity index (χ3v) is 3.96. The number of thiocarbonyl (C=S) groups is 1. The summed E-state index contributed by atoms with van der Waals surface area (Å²) in [6.45, 7) is -0.148. The summed E-state index contributed by atoms with van der Waals surface area (Å²) >= 11 is 4.92. The lowest BCUT2D eigenvalue weighted by Gasteiger charge is -2.28. The lowest BCUT2D eigenvalue weighted by Crippen LogP contribution is -2.33. The van der Waals surface area contributed by atoms with E-state index in [0.29, 0.717) is 0 Å². The molecule has 0 saturated carbocycles. The largest absolute Gasteiger partial charge is 0.393 e. The zero-order valence-corrected chi connectivity index (χ0v) is 12.1. The number of aliphatic hydroxyl groups is 1. The molecule has 2 N–H and O–H groups in total. The molecule has 0 bridgehead atoms. The van der Waals surface area contributed by atoms with Gasteiger partial charge in [0.15, 0.2) is 5.60 Å². The Labute approximate surface area is 128 Å². The lowest BCUT2D eigenvalue weighted by molar-refractivity contribution is -0.0669. The smallest absolute Gasteiger partial charge is 0.171 e. The van der Waals surface area contributed by atoms with Crippen molar-refractivity contribution in [3.63, 3.8) is 0 Å². The molecule has 0 amide bonds. The van der Waals surface area contributed by atoms with E-state index in [2.05, 4.69) is 5.48 Å². The quantitative estimate of drug-likeness (QED) is 0.852. The summed E-state index contributed by atoms with van der Waals surface area (Å²) < 4.78 is 0. The molecule has 106 valence electrons. The molecular formula is C17H15NO2S. The lowest BCUT2D eigenvalue weighted by atomic mass is 9.83. The van der Waals surface area contributed by atoms with Gasteiger partial charge in [0.25, 0.3) is 0 Å². The molecular weight excluding hydrogens is 282 g/mol. The minimum absolute atomic E-state index is 0.148. The van der Waals surface area contributed by atoms with Gasteiger partial charge in [-0.3, -0.25) is 10.3 Å². The molecule has 1 aliphatic heterocycles. The number of hydroxylamine groups is 1. The van der Waals surface area contributed by atoms with E-state index in [1.54, 1.807) is 11.6 Å². The minimum atomic E-state index is -0.888. The van der Waals surface area contributed by atoms with Crippen LogP contribution in [0.1, 0.15) is 16.7 Å². The minimum Gasteiger partial charge on any atom is -0.393 e. The van der Waals surface area contributed by atoms with Gasteiger partial charge in [0.05, 0.1) is 6.61 Å². The van der Waals surface area contributed by atoms with Gasteiger partial charge in [-0.15, -0.1) is 0 Å². The van der Waals surface area contributed by atoms with Gasteiger partial charge < -0.3 is 5.11 Å². The zero-order valence-electron chi connectivity index (χ0n) is 11.3. The number of rotatable bonds is 4. The first-order valence-corrected chi connectivity index (χ1v) is 7.13. The SMILES string of the molecule is OCC1(c2ccccc2)ONC=C1c1ccc(C=S)cc1. The first kappa shape index (κ1) is 13.9. The van der Waals surface area contributed by atoms with Crippen LogP contribution in [0.25, 0.3) is 5.57 Å². The molecule has 0 aliphatic carbocycles. The second-order valence-corrected chi connectivity index (χ2v) is 5.10. The maximum absolute atomic E-state index is 9.97. The van der Waals surface area contributed by atoms with Crippen molar-refractivity contribution in [2.24, 2.45) is 0 Å². The number of hydrogen-bond acceptors (Lipinski definition) is 4. The fraction of sp³-hybridized carbons (Fsp3) is 0.118. The summed E-state index contributed by atoms with van der Waals surface area (Å²) in [7, 11) is 0. The van der Waals surface area contributed by atoms with E-state index in [4.69, 9.17) is 17.1 Å². The highest BCUT2D eigenvalue weighted by Gasteiger charge is 2.41. The van der Waals surface area contributed by atoms with Crippen LogP contribution in [-0.2, 0) is 10.4 Å². The molecule has 1 heterocycles. The highest BCUT2D eigenvalue weighted by Crippen LogP contribution is 2.41. The van der Waals surface area contributed by atoms with Crippen molar-refractivity contribution in [1.29, 1.82) is 0 Å². The van der Waals surface area contributed by atoms with E-state index in [1.807, 2.05) is 54.6 Å². The molecule has 2 aromatic rings. The van der Waals surface area contributed by atoms with Crippen molar-refractivity contribution in [3.8, 4) is 0 Å². The zero-order chi connectivity index (χ0) is 14.7. The standard InChI is InChI=1S/C17H15NO2S/c19-12-17(15-4-2-1-3-5-15)16(10-18-20-17)14-8-6-13(11-21)7-9-14/h1-11,18-19H,12H2. The summed E-state index contributed by atoms with van der Waals surface area (Å²) in [6.07, 6.45) is 1.79. The summed E-state index contributed by atoms with van der Waals surface area (Å²) in [4.78, 5) is 5.68. The molecule has 4 heteroatoms. The molecule has 1 atom stereocenters. The van der Waals surface area contributed by atoms with Gasteiger partial charge in [0.2, 0.25) is 0 Å². The molecule has 3 nitrogen and oxygen atoms in total. The Balaban J connectivity index is 2.05. The van der Waals surface area contributed by atoms with Crippen LogP contribution in [0.5, 0.6) is 0 Å². The van der Waals surface area contributed by atoms with E-state index in [9.17, 15) is 5.11 Å². The average Bonchev–Trinajstić information content (AvgIpc) is 3.01.